The van der Waals surface area contributed by atoms with Crippen LogP contribution < -0.4 is 0 Å². The van der Waals surface area contributed by atoms with Crippen LogP contribution in [0.25, 0.3) is 0 Å². The maximum Gasteiger partial charge on any atom is 0 e. The summed E-state index contributed by atoms with van der Waals surface area (Å²) in [5.74, 6) is 0. The maximum absolute atomic E-state index is 0. The van der Waals surface area contributed by atoms with Crippen molar-refractivity contribution in [2.45, 2.75) is 0 Å². The van der Waals surface area contributed by atoms with Gasteiger partial charge in [0.1, 0.15) is 0 Å². The van der Waals surface area contributed by atoms with E-state index in [0.717, 1.165) is 0 Å². The zero-order valence-electron chi connectivity index (χ0n) is 2.71. The van der Waals surface area contributed by atoms with Crippen molar-refractivity contribution in [3.63, 3.8) is 0 Å². The molecule has 0 bridgehead atoms. The Balaban J connectivity index is 0. The van der Waals surface area contributed by atoms with Crippen molar-refractivity contribution in [1.82, 2.24) is 0 Å². The average Bonchev–Trinajstić information content (AvgIpc) is 0. The monoisotopic (exact) mass is 274 g/mol. The molecule has 0 aliphatic heterocycles. The molecule has 0 aromatic heterocycles. The van der Waals surface area contributed by atoms with Gasteiger partial charge in [-0.05, 0) is 0 Å². The molecule has 0 N–H and O–H groups in total. The summed E-state index contributed by atoms with van der Waals surface area (Å²) in [7, 11) is 0. The van der Waals surface area contributed by atoms with Gasteiger partial charge in [-0.15, -0.1) is 0 Å². The molecule has 5 heavy (non-hydrogen) atoms. The van der Waals surface area contributed by atoms with Gasteiger partial charge in [0, 0.05) is 48.9 Å². The van der Waals surface area contributed by atoms with E-state index in [2.05, 4.69) is 0 Å². The van der Waals surface area contributed by atoms with E-state index in [1.165, 1.54) is 0 Å². The van der Waals surface area contributed by atoms with E-state index in [-0.39, 0.29) is 103 Å². The van der Waals surface area contributed by atoms with Gasteiger partial charge < -0.3 is 0 Å². The summed E-state index contributed by atoms with van der Waals surface area (Å²) < 4.78 is 0. The van der Waals surface area contributed by atoms with Gasteiger partial charge in [-0.3, -0.25) is 0 Å². The third-order valence-corrected chi connectivity index (χ3v) is 0. The Morgan fingerprint density at radius 1 is 0.400 bits per heavy atom. The second kappa shape index (κ2) is 28.2. The van der Waals surface area contributed by atoms with Crippen LogP contribution in [0.3, 0.4) is 0 Å². The van der Waals surface area contributed by atoms with E-state index in [0.29, 0.717) is 0 Å². The summed E-state index contributed by atoms with van der Waals surface area (Å²) in [6.07, 6.45) is 0. The van der Waals surface area contributed by atoms with Crippen molar-refractivity contribution in [3.05, 3.63) is 0 Å². The first-order valence-electron chi connectivity index (χ1n) is 0. The molecule has 0 amide bonds. The zero-order valence-corrected chi connectivity index (χ0v) is 11.1. The van der Waals surface area contributed by atoms with E-state index < -0.39 is 0 Å². The largest absolute Gasteiger partial charge is 0.197 e. The first-order chi connectivity index (χ1) is 0. The fourth-order valence-electron chi connectivity index (χ4n) is 0. The van der Waals surface area contributed by atoms with Crippen LogP contribution in [-0.4, -0.2) is 48.9 Å². The van der Waals surface area contributed by atoms with Gasteiger partial charge in [0.05, 0.1) is 0 Å². The summed E-state index contributed by atoms with van der Waals surface area (Å²) in [6, 6.07) is 0. The molecule has 0 unspecified atom stereocenters. The molecule has 0 aliphatic carbocycles. The third kappa shape index (κ3) is 19.5. The molecule has 34 valence electrons. The molecular weight excluding hydrogens is 266 g/mol. The Labute approximate surface area is 101 Å². The van der Waals surface area contributed by atoms with Gasteiger partial charge in [0.15, 0.2) is 0 Å². The summed E-state index contributed by atoms with van der Waals surface area (Å²) in [6.45, 7) is 0. The summed E-state index contributed by atoms with van der Waals surface area (Å²) in [5.41, 5.74) is 0. The molecule has 2 radical (unpaired) electrons. The molecule has 0 spiro atoms. The smallest absolute Gasteiger partial charge is 0 e. The minimum Gasteiger partial charge on any atom is -0.197 e. The van der Waals surface area contributed by atoms with Crippen LogP contribution in [-0.2, 0) is 0 Å². The van der Waals surface area contributed by atoms with Crippen LogP contribution in [0.5, 0.6) is 0 Å². The molecule has 0 aliphatic rings. The summed E-state index contributed by atoms with van der Waals surface area (Å²) in [4.78, 5) is 0. The summed E-state index contributed by atoms with van der Waals surface area (Å²) >= 11 is 0. The average molecular weight is 274 g/mol. The molecular formula is H8BaS4. The molecule has 0 nitrogen and oxygen atoms in total. The normalized spacial score (nSPS) is 0. The van der Waals surface area contributed by atoms with Crippen LogP contribution >= 0.6 is 54.0 Å². The fourth-order valence-corrected chi connectivity index (χ4v) is 0. The quantitative estimate of drug-likeness (QED) is 0.548. The van der Waals surface area contributed by atoms with Crippen molar-refractivity contribution < 1.29 is 0 Å². The van der Waals surface area contributed by atoms with Crippen LogP contribution in [0, 0.1) is 0 Å². The van der Waals surface area contributed by atoms with Gasteiger partial charge in [0.25, 0.3) is 0 Å². The molecule has 0 heterocycles. The molecule has 0 atom stereocenters. The number of hydrogen-bond donors (Lipinski definition) is 0. The number of hydrogen-bond acceptors (Lipinski definition) is 0. The van der Waals surface area contributed by atoms with Gasteiger partial charge in [-0.1, -0.05) is 0 Å². The van der Waals surface area contributed by atoms with Crippen molar-refractivity contribution in [3.8, 4) is 0 Å². The standard InChI is InChI=1S/Ba.4H2S/h;4*1H2. The molecule has 0 saturated heterocycles. The van der Waals surface area contributed by atoms with Crippen molar-refractivity contribution in [2.75, 3.05) is 0 Å². The second-order valence-corrected chi connectivity index (χ2v) is 0. The van der Waals surface area contributed by atoms with Crippen LogP contribution in [0.2, 0.25) is 0 Å². The van der Waals surface area contributed by atoms with Crippen LogP contribution in [0.4, 0.5) is 0 Å². The Kier molecular flexibility index (Phi) is 247. The Morgan fingerprint density at radius 3 is 0.400 bits per heavy atom. The molecule has 0 saturated carbocycles. The van der Waals surface area contributed by atoms with E-state index in [9.17, 15) is 0 Å². The van der Waals surface area contributed by atoms with Gasteiger partial charge >= 0.3 is 0 Å². The summed E-state index contributed by atoms with van der Waals surface area (Å²) in [5, 5.41) is 0. The van der Waals surface area contributed by atoms with Crippen LogP contribution in [0.15, 0.2) is 0 Å². The molecule has 0 rings (SSSR count). The minimum absolute atomic E-state index is 0. The molecule has 0 fully saturated rings. The number of rotatable bonds is 0. The van der Waals surface area contributed by atoms with E-state index in [4.69, 9.17) is 0 Å². The SMILES string of the molecule is S.S.S.S.[Ba]. The topological polar surface area (TPSA) is 0 Å². The Morgan fingerprint density at radius 2 is 0.400 bits per heavy atom. The Bertz CT molecular complexity index is 3.61. The third-order valence-electron chi connectivity index (χ3n) is 0. The predicted molar refractivity (Wildman–Crippen MR) is 47.3 cm³/mol. The van der Waals surface area contributed by atoms with E-state index in [1.807, 2.05) is 0 Å². The molecule has 0 aromatic rings. The van der Waals surface area contributed by atoms with Crippen molar-refractivity contribution >= 4 is 103 Å². The molecule has 5 heteroatoms. The molecule has 0 aromatic carbocycles. The van der Waals surface area contributed by atoms with Crippen molar-refractivity contribution in [2.24, 2.45) is 0 Å². The predicted octanol–water partition coefficient (Wildman–Crippen LogP) is 0.0704. The van der Waals surface area contributed by atoms with Crippen molar-refractivity contribution in [1.29, 1.82) is 0 Å². The van der Waals surface area contributed by atoms with Gasteiger partial charge in [-0.2, -0.15) is 54.0 Å². The fraction of sp³-hybridized carbons (Fsp3) is 0. The van der Waals surface area contributed by atoms with Gasteiger partial charge in [0.2, 0.25) is 0 Å². The minimum atomic E-state index is 0. The van der Waals surface area contributed by atoms with E-state index >= 15 is 0 Å². The van der Waals surface area contributed by atoms with Crippen LogP contribution in [0.1, 0.15) is 0 Å². The first kappa shape index (κ1) is 43.9. The van der Waals surface area contributed by atoms with E-state index in [1.54, 1.807) is 0 Å². The maximum atomic E-state index is 0. The first-order valence-corrected chi connectivity index (χ1v) is 0. The zero-order chi connectivity index (χ0) is 0. The Hall–Kier alpha value is 2.97. The van der Waals surface area contributed by atoms with Gasteiger partial charge in [-0.25, -0.2) is 0 Å². The second-order valence-electron chi connectivity index (χ2n) is 0.